The number of fused-ring (bicyclic) bond motifs is 2. The first-order valence-electron chi connectivity index (χ1n) is 13.9. The number of amides is 3. The Hall–Kier alpha value is -2.92. The summed E-state index contributed by atoms with van der Waals surface area (Å²) in [6.07, 6.45) is 2.15. The quantitative estimate of drug-likeness (QED) is 0.445. The Labute approximate surface area is 256 Å². The number of benzene rings is 2. The summed E-state index contributed by atoms with van der Waals surface area (Å²) in [7, 11) is -3.42. The number of hydrogen-bond donors (Lipinski definition) is 2. The van der Waals surface area contributed by atoms with Gasteiger partial charge in [0.25, 0.3) is 0 Å². The van der Waals surface area contributed by atoms with E-state index in [1.54, 1.807) is 36.4 Å². The van der Waals surface area contributed by atoms with Crippen molar-refractivity contribution in [3.05, 3.63) is 75.8 Å². The highest BCUT2D eigenvalue weighted by molar-refractivity contribution is 7.88. The molecule has 0 radical (unpaired) electrons. The number of carbonyl (C=O) groups is 3. The van der Waals surface area contributed by atoms with Crippen LogP contribution >= 0.6 is 23.2 Å². The number of piperidine rings is 2. The fourth-order valence-corrected chi connectivity index (χ4v) is 8.44. The summed E-state index contributed by atoms with van der Waals surface area (Å²) in [6, 6.07) is 10.3. The van der Waals surface area contributed by atoms with E-state index in [9.17, 15) is 22.8 Å². The highest BCUT2D eigenvalue weighted by atomic mass is 35.5. The van der Waals surface area contributed by atoms with Gasteiger partial charge in [-0.25, -0.2) is 12.7 Å². The smallest absolute Gasteiger partial charge is 0.240 e. The van der Waals surface area contributed by atoms with E-state index in [-0.39, 0.29) is 31.3 Å². The van der Waals surface area contributed by atoms with Gasteiger partial charge < -0.3 is 16.0 Å². The average Bonchev–Trinajstić information content (AvgIpc) is 3.20. The molecule has 3 aliphatic rings. The highest BCUT2D eigenvalue weighted by Crippen LogP contribution is 2.57. The second kappa shape index (κ2) is 11.3. The normalized spacial score (nSPS) is 25.8. The number of anilines is 1. The molecular weight excluding hydrogens is 599 g/mol. The Bertz CT molecular complexity index is 1570. The molecule has 9 nitrogen and oxygen atoms in total. The number of carbonyl (C=O) groups excluding carboxylic acids is 3. The van der Waals surface area contributed by atoms with Gasteiger partial charge in [0.05, 0.1) is 12.3 Å². The van der Waals surface area contributed by atoms with E-state index < -0.39 is 45.3 Å². The van der Waals surface area contributed by atoms with Crippen LogP contribution in [-0.2, 0) is 29.8 Å². The molecule has 2 aromatic carbocycles. The molecule has 224 valence electrons. The van der Waals surface area contributed by atoms with E-state index in [0.29, 0.717) is 51.7 Å². The molecular formula is C30H34Cl2N4O5S. The van der Waals surface area contributed by atoms with Crippen LogP contribution in [0.15, 0.2) is 54.6 Å². The first-order chi connectivity index (χ1) is 19.8. The molecule has 1 spiro atoms. The van der Waals surface area contributed by atoms with Gasteiger partial charge in [0, 0.05) is 41.2 Å². The van der Waals surface area contributed by atoms with Gasteiger partial charge in [0.2, 0.25) is 27.7 Å². The summed E-state index contributed by atoms with van der Waals surface area (Å²) < 4.78 is 25.7. The number of rotatable bonds is 7. The standard InChI is InChI=1S/C30H34Cl2N4O5S/c1-4-17(2)27-30(22-9-8-21(32)15-24(22)34-29(30)39)23(19-6-5-7-20(31)14-19)16-25(37)36(27)26(28(33)38)18-10-12-35(13-11-18)42(3,40)41/h5-9,14-15,18,23,26-27H,2,4,10-13,16H2,1,3H3,(H2,33,38)(H,34,39)/t23-,26?,27+,30-/m0/s1. The van der Waals surface area contributed by atoms with Crippen LogP contribution in [0.5, 0.6) is 0 Å². The van der Waals surface area contributed by atoms with Gasteiger partial charge in [-0.1, -0.05) is 60.5 Å². The van der Waals surface area contributed by atoms with Crippen LogP contribution in [0.25, 0.3) is 0 Å². The monoisotopic (exact) mass is 632 g/mol. The zero-order chi connectivity index (χ0) is 30.6. The average molecular weight is 634 g/mol. The third-order valence-electron chi connectivity index (χ3n) is 9.07. The maximum atomic E-state index is 14.4. The molecule has 5 rings (SSSR count). The molecule has 12 heteroatoms. The van der Waals surface area contributed by atoms with Crippen molar-refractivity contribution in [2.45, 2.75) is 56.0 Å². The first-order valence-corrected chi connectivity index (χ1v) is 16.5. The number of likely N-dealkylation sites (tertiary alicyclic amines) is 1. The molecule has 3 N–H and O–H groups in total. The Morgan fingerprint density at radius 1 is 1.14 bits per heavy atom. The van der Waals surface area contributed by atoms with Crippen molar-refractivity contribution < 1.29 is 22.8 Å². The van der Waals surface area contributed by atoms with E-state index in [1.807, 2.05) is 13.0 Å². The van der Waals surface area contributed by atoms with Crippen molar-refractivity contribution in [3.63, 3.8) is 0 Å². The topological polar surface area (TPSA) is 130 Å². The van der Waals surface area contributed by atoms with Crippen LogP contribution in [-0.4, -0.2) is 66.8 Å². The summed E-state index contributed by atoms with van der Waals surface area (Å²) in [4.78, 5) is 43.5. The van der Waals surface area contributed by atoms with Crippen LogP contribution in [0.2, 0.25) is 10.0 Å². The van der Waals surface area contributed by atoms with Gasteiger partial charge in [-0.15, -0.1) is 0 Å². The number of nitrogens with one attached hydrogen (secondary N) is 1. The summed E-state index contributed by atoms with van der Waals surface area (Å²) in [6.45, 7) is 6.63. The second-order valence-electron chi connectivity index (χ2n) is 11.4. The highest BCUT2D eigenvalue weighted by Gasteiger charge is 2.65. The molecule has 2 saturated heterocycles. The van der Waals surface area contributed by atoms with Crippen LogP contribution < -0.4 is 11.1 Å². The lowest BCUT2D eigenvalue weighted by Crippen LogP contribution is -2.69. The van der Waals surface area contributed by atoms with Crippen molar-refractivity contribution >= 4 is 56.6 Å². The Balaban J connectivity index is 1.71. The van der Waals surface area contributed by atoms with Crippen LogP contribution in [0.3, 0.4) is 0 Å². The predicted octanol–water partition coefficient (Wildman–Crippen LogP) is 4.06. The molecule has 42 heavy (non-hydrogen) atoms. The summed E-state index contributed by atoms with van der Waals surface area (Å²) in [5, 5.41) is 3.90. The van der Waals surface area contributed by atoms with Gasteiger partial charge in [-0.2, -0.15) is 0 Å². The van der Waals surface area contributed by atoms with Gasteiger partial charge >= 0.3 is 0 Å². The fourth-order valence-electron chi connectivity index (χ4n) is 7.19. The molecule has 0 aromatic heterocycles. The Morgan fingerprint density at radius 3 is 2.40 bits per heavy atom. The van der Waals surface area contributed by atoms with Gasteiger partial charge in [-0.05, 0) is 60.6 Å². The minimum atomic E-state index is -3.42. The van der Waals surface area contributed by atoms with E-state index in [1.165, 1.54) is 9.21 Å². The maximum absolute atomic E-state index is 14.4. The predicted molar refractivity (Wildman–Crippen MR) is 163 cm³/mol. The van der Waals surface area contributed by atoms with Crippen molar-refractivity contribution in [1.82, 2.24) is 9.21 Å². The number of sulfonamides is 1. The van der Waals surface area contributed by atoms with Crippen molar-refractivity contribution in [1.29, 1.82) is 0 Å². The van der Waals surface area contributed by atoms with E-state index in [0.717, 1.165) is 6.26 Å². The lowest BCUT2D eigenvalue weighted by Gasteiger charge is -2.55. The van der Waals surface area contributed by atoms with Crippen LogP contribution in [0.4, 0.5) is 5.69 Å². The first kappa shape index (κ1) is 30.5. The van der Waals surface area contributed by atoms with E-state index in [4.69, 9.17) is 28.9 Å². The third-order valence-corrected chi connectivity index (χ3v) is 10.8. The molecule has 3 heterocycles. The molecule has 1 unspecified atom stereocenters. The van der Waals surface area contributed by atoms with Crippen molar-refractivity contribution in [2.75, 3.05) is 24.7 Å². The summed E-state index contributed by atoms with van der Waals surface area (Å²) in [5.74, 6) is -2.44. The maximum Gasteiger partial charge on any atom is 0.240 e. The zero-order valence-electron chi connectivity index (χ0n) is 23.5. The molecule has 3 aliphatic heterocycles. The Morgan fingerprint density at radius 2 is 1.81 bits per heavy atom. The second-order valence-corrected chi connectivity index (χ2v) is 14.2. The number of nitrogens with two attached hydrogens (primary N) is 1. The summed E-state index contributed by atoms with van der Waals surface area (Å²) >= 11 is 12.7. The minimum absolute atomic E-state index is 0.0880. The zero-order valence-corrected chi connectivity index (χ0v) is 25.8. The lowest BCUT2D eigenvalue weighted by atomic mass is 9.58. The lowest BCUT2D eigenvalue weighted by molar-refractivity contribution is -0.153. The summed E-state index contributed by atoms with van der Waals surface area (Å²) in [5.41, 5.74) is 7.16. The Kier molecular flexibility index (Phi) is 8.21. The largest absolute Gasteiger partial charge is 0.368 e. The van der Waals surface area contributed by atoms with Gasteiger partial charge in [0.1, 0.15) is 11.5 Å². The van der Waals surface area contributed by atoms with Crippen molar-refractivity contribution in [3.8, 4) is 0 Å². The van der Waals surface area contributed by atoms with Gasteiger partial charge in [-0.3, -0.25) is 14.4 Å². The number of nitrogens with zero attached hydrogens (tertiary/aromatic N) is 2. The number of primary amides is 1. The number of hydrogen-bond acceptors (Lipinski definition) is 5. The SMILES string of the molecule is C=C(CC)[C@H]1N(C(C(N)=O)C2CCN(S(C)(=O)=O)CC2)C(=O)C[C@@H](c2cccc(Cl)c2)[C@]12C(=O)Nc1cc(Cl)ccc12. The molecule has 2 aromatic rings. The molecule has 2 fully saturated rings. The van der Waals surface area contributed by atoms with Crippen LogP contribution in [0, 0.1) is 5.92 Å². The third kappa shape index (κ3) is 5.02. The minimum Gasteiger partial charge on any atom is -0.368 e. The van der Waals surface area contributed by atoms with Gasteiger partial charge in [0.15, 0.2) is 0 Å². The van der Waals surface area contributed by atoms with Crippen LogP contribution in [0.1, 0.15) is 49.7 Å². The molecule has 0 aliphatic carbocycles. The number of halogens is 2. The van der Waals surface area contributed by atoms with Crippen molar-refractivity contribution in [2.24, 2.45) is 11.7 Å². The molecule has 0 saturated carbocycles. The van der Waals surface area contributed by atoms with E-state index >= 15 is 0 Å². The molecule has 4 atom stereocenters. The molecule has 3 amide bonds. The molecule has 0 bridgehead atoms. The van der Waals surface area contributed by atoms with E-state index in [2.05, 4.69) is 11.9 Å². The fraction of sp³-hybridized carbons (Fsp3) is 0.433.